The zero-order chi connectivity index (χ0) is 30.9. The van der Waals surface area contributed by atoms with E-state index in [-0.39, 0.29) is 22.6 Å². The summed E-state index contributed by atoms with van der Waals surface area (Å²) >= 11 is 3.72. The molecule has 0 bridgehead atoms. The van der Waals surface area contributed by atoms with Gasteiger partial charge in [-0.1, -0.05) is 27.7 Å². The molecule has 39 heavy (non-hydrogen) atoms. The van der Waals surface area contributed by atoms with Crippen LogP contribution in [0.5, 0.6) is 0 Å². The molecule has 0 aliphatic carbocycles. The van der Waals surface area contributed by atoms with Crippen LogP contribution < -0.4 is 0 Å². The van der Waals surface area contributed by atoms with Crippen molar-refractivity contribution in [2.75, 3.05) is 71.5 Å². The molecule has 0 saturated carbocycles. The van der Waals surface area contributed by atoms with Crippen molar-refractivity contribution in [1.29, 1.82) is 0 Å². The molecule has 0 rings (SSSR count). The molecule has 234 valence electrons. The number of hydrogen-bond donors (Lipinski definition) is 0. The molecule has 11 heteroatoms. The van der Waals surface area contributed by atoms with Crippen molar-refractivity contribution >= 4 is 52.2 Å². The first-order valence-corrected chi connectivity index (χ1v) is 22.2. The molecule has 0 heterocycles. The van der Waals surface area contributed by atoms with E-state index in [1.165, 1.54) is 12.5 Å². The molecule has 7 nitrogen and oxygen atoms in total. The zero-order valence-corrected chi connectivity index (χ0v) is 31.5. The number of rotatable bonds is 19. The monoisotopic (exact) mass is 626 g/mol. The van der Waals surface area contributed by atoms with Gasteiger partial charge in [-0.25, -0.2) is 0 Å². The Morgan fingerprint density at radius 1 is 0.718 bits per heavy atom. The number of amides is 2. The van der Waals surface area contributed by atoms with Crippen LogP contribution in [0, 0.1) is 10.8 Å². The standard InChI is InChI=1S/C15H33NO3SSi.C13H29NO2SSi/c1-8-18-21(7,19-9-2)12-10-11-20-13-15(3,4)14(17)16(5)6;1-13(2,12(15)14(3)4)11-17-9-8-10-18(6,7)16-5/h8-13H2,1-7H3;8-11H2,1-7H3. The first-order valence-electron chi connectivity index (χ1n) is 14.2. The van der Waals surface area contributed by atoms with Gasteiger partial charge in [0, 0.05) is 60.0 Å². The van der Waals surface area contributed by atoms with Gasteiger partial charge in [0.05, 0.1) is 10.8 Å². The van der Waals surface area contributed by atoms with Crippen molar-refractivity contribution in [2.24, 2.45) is 10.8 Å². The van der Waals surface area contributed by atoms with E-state index in [0.717, 1.165) is 48.7 Å². The van der Waals surface area contributed by atoms with Crippen LogP contribution in [0.4, 0.5) is 0 Å². The molecule has 0 saturated heterocycles. The van der Waals surface area contributed by atoms with Crippen molar-refractivity contribution in [2.45, 2.75) is 86.1 Å². The maximum Gasteiger partial charge on any atom is 0.334 e. The highest BCUT2D eigenvalue weighted by atomic mass is 32.2. The van der Waals surface area contributed by atoms with Crippen molar-refractivity contribution in [1.82, 2.24) is 9.80 Å². The Labute approximate surface area is 252 Å². The highest BCUT2D eigenvalue weighted by Gasteiger charge is 2.32. The summed E-state index contributed by atoms with van der Waals surface area (Å²) in [6.45, 7) is 20.2. The zero-order valence-electron chi connectivity index (χ0n) is 27.8. The van der Waals surface area contributed by atoms with Gasteiger partial charge in [-0.05, 0) is 69.9 Å². The minimum Gasteiger partial charge on any atom is -0.420 e. The quantitative estimate of drug-likeness (QED) is 0.121. The van der Waals surface area contributed by atoms with E-state index in [9.17, 15) is 9.59 Å². The summed E-state index contributed by atoms with van der Waals surface area (Å²) in [5.74, 6) is 4.31. The molecule has 0 unspecified atom stereocenters. The topological polar surface area (TPSA) is 68.3 Å². The fourth-order valence-corrected chi connectivity index (χ4v) is 10.4. The van der Waals surface area contributed by atoms with E-state index in [0.29, 0.717) is 0 Å². The molecule has 0 aromatic rings. The molecule has 0 aromatic heterocycles. The van der Waals surface area contributed by atoms with Crippen molar-refractivity contribution in [3.05, 3.63) is 0 Å². The van der Waals surface area contributed by atoms with Crippen molar-refractivity contribution < 1.29 is 22.9 Å². The predicted octanol–water partition coefficient (Wildman–Crippen LogP) is 6.44. The molecule has 0 spiro atoms. The number of carbonyl (C=O) groups excluding carboxylic acids is 2. The Morgan fingerprint density at radius 3 is 1.38 bits per heavy atom. The van der Waals surface area contributed by atoms with Gasteiger partial charge in [0.2, 0.25) is 11.8 Å². The summed E-state index contributed by atoms with van der Waals surface area (Å²) in [5, 5.41) is 0. The van der Waals surface area contributed by atoms with Crippen LogP contribution in [0.3, 0.4) is 0 Å². The summed E-state index contributed by atoms with van der Waals surface area (Å²) in [7, 11) is 5.72. The number of nitrogens with zero attached hydrogens (tertiary/aromatic N) is 2. The molecular weight excluding hydrogens is 565 g/mol. The lowest BCUT2D eigenvalue weighted by Gasteiger charge is -2.27. The molecule has 0 atom stereocenters. The minimum atomic E-state index is -1.97. The number of carbonyl (C=O) groups is 2. The van der Waals surface area contributed by atoms with Crippen LogP contribution in [0.1, 0.15) is 54.4 Å². The van der Waals surface area contributed by atoms with Crippen LogP contribution in [0.15, 0.2) is 0 Å². The smallest absolute Gasteiger partial charge is 0.334 e. The van der Waals surface area contributed by atoms with Gasteiger partial charge in [0.1, 0.15) is 0 Å². The SMILES string of the molecule is CCO[Si](C)(CCCSCC(C)(C)C(=O)N(C)C)OCC.CO[Si](C)(C)CCCSCC(C)(C)C(=O)N(C)C. The number of thioether (sulfide) groups is 2. The normalized spacial score (nSPS) is 12.6. The Bertz CT molecular complexity index is 687. The highest BCUT2D eigenvalue weighted by Crippen LogP contribution is 2.27. The first-order chi connectivity index (χ1) is 17.8. The van der Waals surface area contributed by atoms with Gasteiger partial charge < -0.3 is 23.1 Å². The van der Waals surface area contributed by atoms with Gasteiger partial charge in [-0.3, -0.25) is 9.59 Å². The Hall–Kier alpha value is -0.0462. The third-order valence-corrected chi connectivity index (χ3v) is 15.1. The summed E-state index contributed by atoms with van der Waals surface area (Å²) in [5.41, 5.74) is -0.558. The van der Waals surface area contributed by atoms with E-state index in [1.807, 2.05) is 100 Å². The Balaban J connectivity index is 0. The van der Waals surface area contributed by atoms with Crippen LogP contribution in [-0.4, -0.2) is 110 Å². The van der Waals surface area contributed by atoms with E-state index in [1.54, 1.807) is 9.80 Å². The van der Waals surface area contributed by atoms with Crippen LogP contribution in [0.2, 0.25) is 31.7 Å². The second-order valence-corrected chi connectivity index (χ2v) is 22.4. The van der Waals surface area contributed by atoms with Crippen LogP contribution >= 0.6 is 23.5 Å². The summed E-state index contributed by atoms with van der Waals surface area (Å²) < 4.78 is 17.2. The second kappa shape index (κ2) is 20.0. The molecule has 0 aromatic carbocycles. The van der Waals surface area contributed by atoms with Crippen molar-refractivity contribution in [3.8, 4) is 0 Å². The number of hydrogen-bond acceptors (Lipinski definition) is 7. The van der Waals surface area contributed by atoms with E-state index >= 15 is 0 Å². The van der Waals surface area contributed by atoms with Crippen LogP contribution in [0.25, 0.3) is 0 Å². The third-order valence-electron chi connectivity index (χ3n) is 6.34. The average Bonchev–Trinajstić information content (AvgIpc) is 2.83. The fraction of sp³-hybridized carbons (Fsp3) is 0.929. The molecule has 0 radical (unpaired) electrons. The van der Waals surface area contributed by atoms with Gasteiger partial charge in [-0.15, -0.1) is 0 Å². The van der Waals surface area contributed by atoms with Gasteiger partial charge in [0.15, 0.2) is 8.32 Å². The molecule has 0 aliphatic heterocycles. The lowest BCUT2D eigenvalue weighted by molar-refractivity contribution is -0.137. The third kappa shape index (κ3) is 18.9. The molecular formula is C28H62N2O5S2Si2. The average molecular weight is 627 g/mol. The van der Waals surface area contributed by atoms with Crippen molar-refractivity contribution in [3.63, 3.8) is 0 Å². The molecule has 0 aliphatic rings. The Morgan fingerprint density at radius 2 is 1.08 bits per heavy atom. The van der Waals surface area contributed by atoms with Crippen LogP contribution in [-0.2, 0) is 22.9 Å². The summed E-state index contributed by atoms with van der Waals surface area (Å²) in [6, 6.07) is 2.21. The fourth-order valence-electron chi connectivity index (χ4n) is 3.98. The molecule has 0 N–H and O–H groups in total. The van der Waals surface area contributed by atoms with E-state index < -0.39 is 16.9 Å². The molecule has 0 fully saturated rings. The highest BCUT2D eigenvalue weighted by molar-refractivity contribution is 7.99. The summed E-state index contributed by atoms with van der Waals surface area (Å²) in [6.07, 6.45) is 2.27. The van der Waals surface area contributed by atoms with Gasteiger partial charge in [-0.2, -0.15) is 23.5 Å². The largest absolute Gasteiger partial charge is 0.420 e. The van der Waals surface area contributed by atoms with E-state index in [2.05, 4.69) is 19.6 Å². The maximum atomic E-state index is 12.0. The predicted molar refractivity (Wildman–Crippen MR) is 178 cm³/mol. The molecule has 2 amide bonds. The Kier molecular flexibility index (Phi) is 21.0. The maximum absolute atomic E-state index is 12.0. The first kappa shape index (κ1) is 41.1. The summed E-state index contributed by atoms with van der Waals surface area (Å²) in [4.78, 5) is 27.3. The lowest BCUT2D eigenvalue weighted by Crippen LogP contribution is -2.39. The minimum absolute atomic E-state index is 0.192. The van der Waals surface area contributed by atoms with Gasteiger partial charge >= 0.3 is 8.56 Å². The van der Waals surface area contributed by atoms with E-state index in [4.69, 9.17) is 13.3 Å². The second-order valence-electron chi connectivity index (χ2n) is 12.4. The lowest BCUT2D eigenvalue weighted by atomic mass is 9.95. The van der Waals surface area contributed by atoms with Gasteiger partial charge in [0.25, 0.3) is 0 Å².